The molecular formula is C53H61NO15. The standard InChI is InChI=1S/C53H61NO15/c1-8-9-13-26-39(58)67-43(41(33-20-14-10-15-21-33)54-47(60)34-22-16-11-17-23-34)49(62)66-36-28-53(63)46(68-48(61)35-24-18-12-19-25-35)44-51(7,37(57)27-38-52(44,29-64-38)69-32(4)56)45(59)42(65-31(3)55)40(30(36)2)50(53,5)6/h10-12,14-25,36-38,41-44,46,57,63H,8-9,13,26-29H2,1-7H3,(H,54,60)/t36-,37-,38+,41-,42+,43+,44?,46-,51+,52-,53+/m0/s1. The second-order valence-electron chi connectivity index (χ2n) is 19.3. The summed E-state index contributed by atoms with van der Waals surface area (Å²) >= 11 is 0. The van der Waals surface area contributed by atoms with Gasteiger partial charge in [0.15, 0.2) is 17.5 Å². The number of benzene rings is 3. The summed E-state index contributed by atoms with van der Waals surface area (Å²) in [6, 6.07) is 23.1. The van der Waals surface area contributed by atoms with E-state index in [4.69, 9.17) is 28.4 Å². The van der Waals surface area contributed by atoms with Gasteiger partial charge in [0.2, 0.25) is 6.10 Å². The number of nitrogens with one attached hydrogen (secondary N) is 1. The molecule has 1 saturated heterocycles. The zero-order valence-electron chi connectivity index (χ0n) is 39.9. The highest BCUT2D eigenvalue weighted by atomic mass is 16.6. The van der Waals surface area contributed by atoms with Gasteiger partial charge in [-0.15, -0.1) is 0 Å². The summed E-state index contributed by atoms with van der Waals surface area (Å²) in [5.74, 6) is -7.58. The number of rotatable bonds is 15. The van der Waals surface area contributed by atoms with E-state index in [-0.39, 0.29) is 41.7 Å². The van der Waals surface area contributed by atoms with Gasteiger partial charge in [0.1, 0.15) is 30.0 Å². The number of aliphatic hydroxyl groups is 2. The lowest BCUT2D eigenvalue weighted by molar-refractivity contribution is -0.346. The highest BCUT2D eigenvalue weighted by Gasteiger charge is 2.78. The maximum Gasteiger partial charge on any atom is 0.350 e. The van der Waals surface area contributed by atoms with Crippen LogP contribution in [0.2, 0.25) is 0 Å². The Morgan fingerprint density at radius 2 is 1.43 bits per heavy atom. The number of ether oxygens (including phenoxy) is 6. The highest BCUT2D eigenvalue weighted by Crippen LogP contribution is 2.64. The van der Waals surface area contributed by atoms with Crippen LogP contribution in [-0.4, -0.2) is 106 Å². The van der Waals surface area contributed by atoms with Crippen molar-refractivity contribution in [3.05, 3.63) is 119 Å². The number of unbranched alkanes of at least 4 members (excludes halogenated alkanes) is 2. The van der Waals surface area contributed by atoms with E-state index in [0.717, 1.165) is 20.3 Å². The quantitative estimate of drug-likeness (QED) is 0.0701. The Morgan fingerprint density at radius 3 is 2.00 bits per heavy atom. The van der Waals surface area contributed by atoms with Crippen molar-refractivity contribution in [2.24, 2.45) is 16.7 Å². The molecule has 3 fully saturated rings. The number of hydrogen-bond donors (Lipinski definition) is 3. The molecule has 4 aliphatic rings. The fraction of sp³-hybridized carbons (Fsp3) is 0.491. The van der Waals surface area contributed by atoms with E-state index in [0.29, 0.717) is 18.4 Å². The maximum atomic E-state index is 15.7. The second kappa shape index (κ2) is 20.0. The molecule has 368 valence electrons. The molecule has 7 rings (SSSR count). The highest BCUT2D eigenvalue weighted by molar-refractivity contribution is 5.96. The van der Waals surface area contributed by atoms with E-state index < -0.39 is 119 Å². The number of carbonyl (C=O) groups is 7. The number of esters is 5. The van der Waals surface area contributed by atoms with Crippen LogP contribution in [0.5, 0.6) is 0 Å². The largest absolute Gasteiger partial charge is 0.455 e. The summed E-state index contributed by atoms with van der Waals surface area (Å²) in [6.07, 6.45) is -8.62. The van der Waals surface area contributed by atoms with Crippen LogP contribution in [-0.2, 0) is 52.4 Å². The first-order chi connectivity index (χ1) is 32.7. The molecule has 3 aliphatic carbocycles. The molecule has 0 spiro atoms. The van der Waals surface area contributed by atoms with E-state index in [9.17, 15) is 34.2 Å². The van der Waals surface area contributed by atoms with Crippen molar-refractivity contribution in [1.29, 1.82) is 0 Å². The molecule has 16 nitrogen and oxygen atoms in total. The molecule has 0 aromatic heterocycles. The van der Waals surface area contributed by atoms with Gasteiger partial charge in [0.25, 0.3) is 5.91 Å². The fourth-order valence-corrected chi connectivity index (χ4v) is 11.0. The Labute approximate surface area is 401 Å². The third-order valence-electron chi connectivity index (χ3n) is 14.7. The van der Waals surface area contributed by atoms with Crippen LogP contribution < -0.4 is 5.32 Å². The van der Waals surface area contributed by atoms with Crippen molar-refractivity contribution in [2.75, 3.05) is 6.61 Å². The SMILES string of the molecule is CCCCCC(=O)O[C@@H](C(=O)O[C@H]1C[C@@]2(O)[C@@H](OC(=O)c3ccccc3)C3[C@](C)(C(=O)[C@H](OC(C)=O)C(=C1C)C2(C)C)[C@@H](O)C[C@H]1OC[C@@]31OC(C)=O)[C@@H](NC(=O)c1ccccc1)c1ccccc1. The summed E-state index contributed by atoms with van der Waals surface area (Å²) in [5.41, 5.74) is -7.17. The van der Waals surface area contributed by atoms with Crippen LogP contribution in [0.15, 0.2) is 102 Å². The molecule has 16 heteroatoms. The van der Waals surface area contributed by atoms with Crippen LogP contribution in [0.1, 0.15) is 119 Å². The van der Waals surface area contributed by atoms with Gasteiger partial charge >= 0.3 is 29.8 Å². The van der Waals surface area contributed by atoms with Gasteiger partial charge in [-0.3, -0.25) is 24.0 Å². The van der Waals surface area contributed by atoms with E-state index in [1.165, 1.54) is 26.0 Å². The summed E-state index contributed by atoms with van der Waals surface area (Å²) in [5, 5.41) is 29.0. The normalized spacial score (nSPS) is 29.7. The van der Waals surface area contributed by atoms with Crippen molar-refractivity contribution in [3.8, 4) is 0 Å². The number of amides is 1. The van der Waals surface area contributed by atoms with Crippen molar-refractivity contribution in [1.82, 2.24) is 5.32 Å². The van der Waals surface area contributed by atoms with Gasteiger partial charge in [-0.05, 0) is 61.2 Å². The number of fused-ring (bicyclic) bond motifs is 5. The van der Waals surface area contributed by atoms with Crippen LogP contribution >= 0.6 is 0 Å². The average Bonchev–Trinajstić information content (AvgIpc) is 3.31. The van der Waals surface area contributed by atoms with E-state index in [2.05, 4.69) is 5.32 Å². The molecule has 1 amide bonds. The lowest BCUT2D eigenvalue weighted by Gasteiger charge is -2.67. The molecular weight excluding hydrogens is 891 g/mol. The minimum atomic E-state index is -2.43. The smallest absolute Gasteiger partial charge is 0.350 e. The first-order valence-electron chi connectivity index (χ1n) is 23.4. The Morgan fingerprint density at radius 1 is 0.826 bits per heavy atom. The Bertz CT molecular complexity index is 2470. The van der Waals surface area contributed by atoms with Gasteiger partial charge in [-0.25, -0.2) is 9.59 Å². The molecule has 3 N–H and O–H groups in total. The minimum absolute atomic E-state index is 0.0134. The molecule has 2 saturated carbocycles. The van der Waals surface area contributed by atoms with Gasteiger partial charge in [-0.2, -0.15) is 0 Å². The molecule has 11 atom stereocenters. The lowest BCUT2D eigenvalue weighted by atomic mass is 9.44. The third kappa shape index (κ3) is 9.33. The van der Waals surface area contributed by atoms with Gasteiger partial charge in [0, 0.05) is 44.1 Å². The molecule has 2 bridgehead atoms. The Hall–Kier alpha value is -6.23. The predicted octanol–water partition coefficient (Wildman–Crippen LogP) is 5.87. The molecule has 69 heavy (non-hydrogen) atoms. The summed E-state index contributed by atoms with van der Waals surface area (Å²) in [4.78, 5) is 99.1. The molecule has 1 heterocycles. The van der Waals surface area contributed by atoms with Gasteiger partial charge in [-0.1, -0.05) is 100 Å². The number of aliphatic hydroxyl groups excluding tert-OH is 1. The van der Waals surface area contributed by atoms with Gasteiger partial charge in [0.05, 0.1) is 29.6 Å². The monoisotopic (exact) mass is 951 g/mol. The molecule has 0 radical (unpaired) electrons. The zero-order chi connectivity index (χ0) is 50.1. The molecule has 1 unspecified atom stereocenters. The summed E-state index contributed by atoms with van der Waals surface area (Å²) < 4.78 is 36.8. The fourth-order valence-electron chi connectivity index (χ4n) is 11.0. The number of ketones is 1. The second-order valence-corrected chi connectivity index (χ2v) is 19.3. The maximum absolute atomic E-state index is 15.7. The Kier molecular flexibility index (Phi) is 14.7. The van der Waals surface area contributed by atoms with Crippen molar-refractivity contribution in [3.63, 3.8) is 0 Å². The van der Waals surface area contributed by atoms with E-state index in [1.807, 2.05) is 6.92 Å². The first kappa shape index (κ1) is 50.6. The van der Waals surface area contributed by atoms with Crippen molar-refractivity contribution < 1.29 is 72.2 Å². The molecule has 3 aromatic rings. The first-order valence-corrected chi connectivity index (χ1v) is 23.4. The van der Waals surface area contributed by atoms with Gasteiger partial charge < -0.3 is 44.0 Å². The van der Waals surface area contributed by atoms with Crippen molar-refractivity contribution in [2.45, 2.75) is 141 Å². The van der Waals surface area contributed by atoms with Crippen LogP contribution in [0.3, 0.4) is 0 Å². The van der Waals surface area contributed by atoms with E-state index in [1.54, 1.807) is 92.7 Å². The zero-order valence-corrected chi connectivity index (χ0v) is 39.9. The lowest BCUT2D eigenvalue weighted by Crippen LogP contribution is -2.82. The Balaban J connectivity index is 1.42. The average molecular weight is 952 g/mol. The minimum Gasteiger partial charge on any atom is -0.455 e. The van der Waals surface area contributed by atoms with Crippen LogP contribution in [0.25, 0.3) is 0 Å². The predicted molar refractivity (Wildman–Crippen MR) is 246 cm³/mol. The van der Waals surface area contributed by atoms with Crippen LogP contribution in [0, 0.1) is 16.7 Å². The number of carbonyl (C=O) groups excluding carboxylic acids is 7. The number of Topliss-reactive ketones (excluding diaryl/α,β-unsaturated/α-hetero) is 1. The van der Waals surface area contributed by atoms with Crippen molar-refractivity contribution >= 4 is 41.5 Å². The van der Waals surface area contributed by atoms with E-state index >= 15 is 9.59 Å². The summed E-state index contributed by atoms with van der Waals surface area (Å²) in [6.45, 7) is 9.96. The summed E-state index contributed by atoms with van der Waals surface area (Å²) in [7, 11) is 0. The number of hydrogen-bond acceptors (Lipinski definition) is 15. The van der Waals surface area contributed by atoms with Crippen LogP contribution in [0.4, 0.5) is 0 Å². The molecule has 3 aromatic carbocycles. The third-order valence-corrected chi connectivity index (χ3v) is 14.7. The molecule has 1 aliphatic heterocycles. The topological polar surface area (TPSA) is 227 Å².